The Morgan fingerprint density at radius 3 is 2.55 bits per heavy atom. The minimum atomic E-state index is -3.70. The summed E-state index contributed by atoms with van der Waals surface area (Å²) in [6, 6.07) is 4.71. The van der Waals surface area contributed by atoms with Crippen LogP contribution < -0.4 is 16.2 Å². The highest BCUT2D eigenvalue weighted by Crippen LogP contribution is 2.23. The first-order valence-corrected chi connectivity index (χ1v) is 8.58. The molecule has 6 heteroatoms. The molecule has 1 rings (SSSR count). The van der Waals surface area contributed by atoms with Crippen molar-refractivity contribution in [3.8, 4) is 0 Å². The van der Waals surface area contributed by atoms with Gasteiger partial charge in [0.1, 0.15) is 0 Å². The number of nitrogens with two attached hydrogens (primary N) is 2. The Morgan fingerprint density at radius 1 is 1.25 bits per heavy atom. The van der Waals surface area contributed by atoms with E-state index in [1.54, 1.807) is 6.07 Å². The number of benzene rings is 1. The summed E-state index contributed by atoms with van der Waals surface area (Å²) in [7, 11) is -3.70. The molecule has 5 nitrogen and oxygen atoms in total. The number of rotatable bonds is 8. The molecule has 5 N–H and O–H groups in total. The Morgan fingerprint density at radius 2 is 1.95 bits per heavy atom. The predicted molar refractivity (Wildman–Crippen MR) is 84.1 cm³/mol. The molecule has 1 aromatic carbocycles. The molecule has 0 heterocycles. The van der Waals surface area contributed by atoms with Crippen LogP contribution in [0.4, 0.5) is 11.4 Å². The standard InChI is InChI=1S/C14H25N3O2S/c1-3-4-5-6-7-11(2)17-14-10-12(20(16,18)19)8-9-13(14)15/h8-11,17H,3-7,15H2,1-2H3,(H2,16,18,19). The van der Waals surface area contributed by atoms with Gasteiger partial charge >= 0.3 is 0 Å². The minimum Gasteiger partial charge on any atom is -0.397 e. The summed E-state index contributed by atoms with van der Waals surface area (Å²) in [5.41, 5.74) is 7.01. The van der Waals surface area contributed by atoms with Gasteiger partial charge in [0.25, 0.3) is 0 Å². The van der Waals surface area contributed by atoms with Crippen LogP contribution in [0, 0.1) is 0 Å². The topological polar surface area (TPSA) is 98.2 Å². The number of nitrogens with one attached hydrogen (secondary N) is 1. The number of anilines is 2. The first-order valence-electron chi connectivity index (χ1n) is 7.03. The van der Waals surface area contributed by atoms with E-state index in [1.807, 2.05) is 0 Å². The van der Waals surface area contributed by atoms with Crippen molar-refractivity contribution in [1.29, 1.82) is 0 Å². The smallest absolute Gasteiger partial charge is 0.238 e. The second-order valence-electron chi connectivity index (χ2n) is 5.19. The molecular weight excluding hydrogens is 274 g/mol. The van der Waals surface area contributed by atoms with Crippen LogP contribution in [0.1, 0.15) is 46.0 Å². The number of hydrogen-bond acceptors (Lipinski definition) is 4. The van der Waals surface area contributed by atoms with E-state index in [0.29, 0.717) is 11.4 Å². The van der Waals surface area contributed by atoms with Gasteiger partial charge in [-0.1, -0.05) is 32.6 Å². The summed E-state index contributed by atoms with van der Waals surface area (Å²) >= 11 is 0. The Balaban J connectivity index is 2.67. The second kappa shape index (κ2) is 7.50. The third-order valence-corrected chi connectivity index (χ3v) is 4.16. The first kappa shape index (κ1) is 16.8. The van der Waals surface area contributed by atoms with E-state index in [-0.39, 0.29) is 10.9 Å². The SMILES string of the molecule is CCCCCCC(C)Nc1cc(S(N)(=O)=O)ccc1N. The fraction of sp³-hybridized carbons (Fsp3) is 0.571. The number of unbranched alkanes of at least 4 members (excludes halogenated alkanes) is 3. The lowest BCUT2D eigenvalue weighted by Crippen LogP contribution is -2.17. The molecule has 0 aromatic heterocycles. The van der Waals surface area contributed by atoms with Gasteiger partial charge in [-0.2, -0.15) is 0 Å². The van der Waals surface area contributed by atoms with Gasteiger partial charge in [-0.15, -0.1) is 0 Å². The maximum Gasteiger partial charge on any atom is 0.238 e. The Kier molecular flexibility index (Phi) is 6.29. The van der Waals surface area contributed by atoms with E-state index in [0.717, 1.165) is 12.8 Å². The molecule has 20 heavy (non-hydrogen) atoms. The molecule has 0 aliphatic heterocycles. The fourth-order valence-electron chi connectivity index (χ4n) is 2.05. The molecule has 0 saturated heterocycles. The molecule has 0 amide bonds. The maximum absolute atomic E-state index is 11.3. The van der Waals surface area contributed by atoms with Crippen LogP contribution >= 0.6 is 0 Å². The normalized spacial score (nSPS) is 13.2. The van der Waals surface area contributed by atoms with E-state index in [9.17, 15) is 8.42 Å². The van der Waals surface area contributed by atoms with Gasteiger partial charge in [-0.05, 0) is 31.5 Å². The van der Waals surface area contributed by atoms with Crippen LogP contribution in [0.5, 0.6) is 0 Å². The highest BCUT2D eigenvalue weighted by molar-refractivity contribution is 7.89. The third-order valence-electron chi connectivity index (χ3n) is 3.25. The van der Waals surface area contributed by atoms with Crippen molar-refractivity contribution in [2.24, 2.45) is 5.14 Å². The predicted octanol–water partition coefficient (Wildman–Crippen LogP) is 2.69. The molecule has 0 saturated carbocycles. The van der Waals surface area contributed by atoms with Crippen LogP contribution in [-0.4, -0.2) is 14.5 Å². The van der Waals surface area contributed by atoms with Crippen molar-refractivity contribution in [2.75, 3.05) is 11.1 Å². The van der Waals surface area contributed by atoms with Gasteiger partial charge in [-0.25, -0.2) is 13.6 Å². The van der Waals surface area contributed by atoms with Gasteiger partial charge in [0.2, 0.25) is 10.0 Å². The summed E-state index contributed by atoms with van der Waals surface area (Å²) in [6.45, 7) is 4.25. The molecule has 114 valence electrons. The lowest BCUT2D eigenvalue weighted by molar-refractivity contribution is 0.593. The molecule has 0 fully saturated rings. The molecular formula is C14H25N3O2S. The van der Waals surface area contributed by atoms with Crippen LogP contribution in [-0.2, 0) is 10.0 Å². The summed E-state index contributed by atoms with van der Waals surface area (Å²) < 4.78 is 22.7. The maximum atomic E-state index is 11.3. The third kappa shape index (κ3) is 5.38. The van der Waals surface area contributed by atoms with Crippen molar-refractivity contribution >= 4 is 21.4 Å². The molecule has 1 unspecified atom stereocenters. The van der Waals surface area contributed by atoms with E-state index in [1.165, 1.54) is 31.4 Å². The molecule has 0 aliphatic rings. The summed E-state index contributed by atoms with van der Waals surface area (Å²) in [5.74, 6) is 0. The summed E-state index contributed by atoms with van der Waals surface area (Å²) in [5, 5.41) is 8.38. The summed E-state index contributed by atoms with van der Waals surface area (Å²) in [4.78, 5) is 0.0763. The van der Waals surface area contributed by atoms with Gasteiger partial charge in [0.15, 0.2) is 0 Å². The average Bonchev–Trinajstić information content (AvgIpc) is 2.36. The van der Waals surface area contributed by atoms with E-state index >= 15 is 0 Å². The number of primary sulfonamides is 1. The Hall–Kier alpha value is -1.27. The lowest BCUT2D eigenvalue weighted by Gasteiger charge is -2.17. The number of hydrogen-bond donors (Lipinski definition) is 3. The van der Waals surface area contributed by atoms with Gasteiger partial charge in [0, 0.05) is 6.04 Å². The molecule has 0 spiro atoms. The van der Waals surface area contributed by atoms with Crippen LogP contribution in [0.3, 0.4) is 0 Å². The minimum absolute atomic E-state index is 0.0763. The molecule has 1 aromatic rings. The fourth-order valence-corrected chi connectivity index (χ4v) is 2.59. The first-order chi connectivity index (χ1) is 9.34. The zero-order valence-electron chi connectivity index (χ0n) is 12.2. The highest BCUT2D eigenvalue weighted by atomic mass is 32.2. The zero-order valence-corrected chi connectivity index (χ0v) is 13.0. The van der Waals surface area contributed by atoms with Crippen molar-refractivity contribution in [3.05, 3.63) is 18.2 Å². The van der Waals surface area contributed by atoms with Crippen molar-refractivity contribution in [2.45, 2.75) is 56.9 Å². The molecule has 0 bridgehead atoms. The van der Waals surface area contributed by atoms with Crippen LogP contribution in [0.15, 0.2) is 23.1 Å². The second-order valence-corrected chi connectivity index (χ2v) is 6.75. The summed E-state index contributed by atoms with van der Waals surface area (Å²) in [6.07, 6.45) is 5.85. The van der Waals surface area contributed by atoms with Gasteiger partial charge in [-0.3, -0.25) is 0 Å². The Bertz CT molecular complexity index is 529. The van der Waals surface area contributed by atoms with Crippen molar-refractivity contribution in [3.63, 3.8) is 0 Å². The van der Waals surface area contributed by atoms with Crippen LogP contribution in [0.25, 0.3) is 0 Å². The van der Waals surface area contributed by atoms with E-state index in [4.69, 9.17) is 10.9 Å². The molecule has 0 radical (unpaired) electrons. The van der Waals surface area contributed by atoms with Crippen LogP contribution in [0.2, 0.25) is 0 Å². The van der Waals surface area contributed by atoms with Gasteiger partial charge < -0.3 is 11.1 Å². The van der Waals surface area contributed by atoms with Gasteiger partial charge in [0.05, 0.1) is 16.3 Å². The number of sulfonamides is 1. The van der Waals surface area contributed by atoms with Crippen molar-refractivity contribution < 1.29 is 8.42 Å². The molecule has 1 atom stereocenters. The van der Waals surface area contributed by atoms with E-state index < -0.39 is 10.0 Å². The number of nitrogen functional groups attached to an aromatic ring is 1. The highest BCUT2D eigenvalue weighted by Gasteiger charge is 2.11. The Labute approximate surface area is 121 Å². The monoisotopic (exact) mass is 299 g/mol. The quantitative estimate of drug-likeness (QED) is 0.507. The van der Waals surface area contributed by atoms with Crippen molar-refractivity contribution in [1.82, 2.24) is 0 Å². The zero-order chi connectivity index (χ0) is 15.2. The molecule has 0 aliphatic carbocycles. The largest absolute Gasteiger partial charge is 0.397 e. The lowest BCUT2D eigenvalue weighted by atomic mass is 10.1. The average molecular weight is 299 g/mol. The van der Waals surface area contributed by atoms with E-state index in [2.05, 4.69) is 19.2 Å².